The average Bonchev–Trinajstić information content (AvgIpc) is 2.34. The monoisotopic (exact) mass is 303 g/mol. The molecule has 7 heteroatoms. The molecule has 0 aromatic heterocycles. The zero-order valence-electron chi connectivity index (χ0n) is 11.4. The smallest absolute Gasteiger partial charge is 0.338 e. The molecule has 0 unspecified atom stereocenters. The van der Waals surface area contributed by atoms with Crippen LogP contribution in [0.5, 0.6) is 0 Å². The summed E-state index contributed by atoms with van der Waals surface area (Å²) in [5.74, 6) is -1.99. The van der Waals surface area contributed by atoms with E-state index in [1.165, 1.54) is 0 Å². The number of carboxylic acids is 1. The van der Waals surface area contributed by atoms with E-state index in [-0.39, 0.29) is 11.4 Å². The first kappa shape index (κ1) is 16.6. The van der Waals surface area contributed by atoms with E-state index >= 15 is 0 Å². The second-order valence-corrected chi connectivity index (χ2v) is 6.65. The quantitative estimate of drug-likeness (QED) is 0.757. The maximum Gasteiger partial charge on any atom is 0.338 e. The molecule has 0 aliphatic carbocycles. The van der Waals surface area contributed by atoms with Gasteiger partial charge in [-0.05, 0) is 37.0 Å². The fourth-order valence-corrected chi connectivity index (χ4v) is 2.74. The van der Waals surface area contributed by atoms with Crippen molar-refractivity contribution < 1.29 is 22.7 Å². The number of hydrogen-bond donors (Lipinski definition) is 2. The first-order chi connectivity index (χ1) is 9.24. The van der Waals surface area contributed by atoms with Gasteiger partial charge in [-0.15, -0.1) is 0 Å². The number of carbonyl (C=O) groups is 1. The lowest BCUT2D eigenvalue weighted by molar-refractivity contribution is 0.0691. The molecule has 112 valence electrons. The van der Waals surface area contributed by atoms with Crippen LogP contribution in [0.3, 0.4) is 0 Å². The van der Waals surface area contributed by atoms with E-state index in [4.69, 9.17) is 5.11 Å². The predicted molar refractivity (Wildman–Crippen MR) is 72.6 cm³/mol. The van der Waals surface area contributed by atoms with Crippen LogP contribution >= 0.6 is 0 Å². The summed E-state index contributed by atoms with van der Waals surface area (Å²) in [4.78, 5) is 10.5. The number of benzene rings is 1. The van der Waals surface area contributed by atoms with Crippen LogP contribution in [0.2, 0.25) is 0 Å². The largest absolute Gasteiger partial charge is 0.478 e. The Labute approximate surface area is 117 Å². The van der Waals surface area contributed by atoms with Crippen LogP contribution in [0, 0.1) is 11.7 Å². The Hall–Kier alpha value is -1.47. The third kappa shape index (κ3) is 4.57. The highest BCUT2D eigenvalue weighted by molar-refractivity contribution is 7.89. The molecule has 1 aromatic carbocycles. The topological polar surface area (TPSA) is 83.5 Å². The second-order valence-electron chi connectivity index (χ2n) is 4.88. The Morgan fingerprint density at radius 1 is 1.40 bits per heavy atom. The molecule has 0 amide bonds. The standard InChI is InChI=1S/C13H18FNO4S/c1-9(2)4-3-7-15-20(18,19)10-5-6-12(14)11(8-10)13(16)17/h5-6,8-9,15H,3-4,7H2,1-2H3,(H,16,17). The number of rotatable bonds is 7. The molecule has 0 fully saturated rings. The lowest BCUT2D eigenvalue weighted by Crippen LogP contribution is -2.25. The van der Waals surface area contributed by atoms with Gasteiger partial charge in [0.15, 0.2) is 0 Å². The average molecular weight is 303 g/mol. The van der Waals surface area contributed by atoms with Crippen LogP contribution < -0.4 is 4.72 Å². The van der Waals surface area contributed by atoms with Crippen molar-refractivity contribution in [3.63, 3.8) is 0 Å². The van der Waals surface area contributed by atoms with Gasteiger partial charge in [-0.25, -0.2) is 22.3 Å². The molecule has 0 saturated carbocycles. The Kier molecular flexibility index (Phi) is 5.64. The normalized spacial score (nSPS) is 11.8. The third-order valence-electron chi connectivity index (χ3n) is 2.73. The van der Waals surface area contributed by atoms with E-state index in [0.29, 0.717) is 12.3 Å². The van der Waals surface area contributed by atoms with E-state index in [1.807, 2.05) is 13.8 Å². The molecule has 1 aromatic rings. The van der Waals surface area contributed by atoms with Gasteiger partial charge in [0.25, 0.3) is 0 Å². The second kappa shape index (κ2) is 6.81. The molecule has 20 heavy (non-hydrogen) atoms. The van der Waals surface area contributed by atoms with Crippen molar-refractivity contribution in [1.29, 1.82) is 0 Å². The number of sulfonamides is 1. The predicted octanol–water partition coefficient (Wildman–Crippen LogP) is 2.24. The van der Waals surface area contributed by atoms with Gasteiger partial charge >= 0.3 is 5.97 Å². The number of carboxylic acid groups (broad SMARTS) is 1. The highest BCUT2D eigenvalue weighted by atomic mass is 32.2. The lowest BCUT2D eigenvalue weighted by atomic mass is 10.1. The molecule has 1 rings (SSSR count). The summed E-state index contributed by atoms with van der Waals surface area (Å²) in [6, 6.07) is 2.71. The minimum Gasteiger partial charge on any atom is -0.478 e. The molecule has 2 N–H and O–H groups in total. The van der Waals surface area contributed by atoms with E-state index in [9.17, 15) is 17.6 Å². The number of halogens is 1. The molecular formula is C13H18FNO4S. The number of aromatic carboxylic acids is 1. The summed E-state index contributed by atoms with van der Waals surface area (Å²) >= 11 is 0. The van der Waals surface area contributed by atoms with E-state index < -0.39 is 27.4 Å². The van der Waals surface area contributed by atoms with Crippen LogP contribution in [-0.2, 0) is 10.0 Å². The molecular weight excluding hydrogens is 285 g/mol. The SMILES string of the molecule is CC(C)CCCNS(=O)(=O)c1ccc(F)c(C(=O)O)c1. The summed E-state index contributed by atoms with van der Waals surface area (Å²) in [5.41, 5.74) is -0.657. The van der Waals surface area contributed by atoms with E-state index in [0.717, 1.165) is 24.6 Å². The Balaban J connectivity index is 2.82. The Morgan fingerprint density at radius 3 is 2.60 bits per heavy atom. The molecule has 5 nitrogen and oxygen atoms in total. The number of hydrogen-bond acceptors (Lipinski definition) is 3. The minimum atomic E-state index is -3.81. The Morgan fingerprint density at radius 2 is 2.05 bits per heavy atom. The van der Waals surface area contributed by atoms with E-state index in [1.54, 1.807) is 0 Å². The van der Waals surface area contributed by atoms with Crippen molar-refractivity contribution in [3.05, 3.63) is 29.6 Å². The maximum atomic E-state index is 13.2. The summed E-state index contributed by atoms with van der Waals surface area (Å²) in [7, 11) is -3.81. The van der Waals surface area contributed by atoms with Crippen molar-refractivity contribution in [1.82, 2.24) is 4.72 Å². The minimum absolute atomic E-state index is 0.249. The lowest BCUT2D eigenvalue weighted by Gasteiger charge is -2.09. The van der Waals surface area contributed by atoms with Gasteiger partial charge in [-0.1, -0.05) is 13.8 Å². The van der Waals surface area contributed by atoms with Gasteiger partial charge < -0.3 is 5.11 Å². The van der Waals surface area contributed by atoms with Crippen LogP contribution in [0.1, 0.15) is 37.0 Å². The molecule has 0 aliphatic rings. The van der Waals surface area contributed by atoms with Gasteiger partial charge in [0, 0.05) is 6.54 Å². The summed E-state index contributed by atoms with van der Waals surface area (Å²) < 4.78 is 39.5. The summed E-state index contributed by atoms with van der Waals surface area (Å²) in [6.07, 6.45) is 1.57. The van der Waals surface area contributed by atoms with Gasteiger partial charge in [-0.2, -0.15) is 0 Å². The molecule has 0 radical (unpaired) electrons. The summed E-state index contributed by atoms with van der Waals surface area (Å²) in [5, 5.41) is 8.78. The van der Waals surface area contributed by atoms with E-state index in [2.05, 4.69) is 4.72 Å². The van der Waals surface area contributed by atoms with Crippen molar-refractivity contribution >= 4 is 16.0 Å². The first-order valence-corrected chi connectivity index (χ1v) is 7.75. The van der Waals surface area contributed by atoms with Gasteiger partial charge in [-0.3, -0.25) is 0 Å². The zero-order chi connectivity index (χ0) is 15.3. The highest BCUT2D eigenvalue weighted by Gasteiger charge is 2.18. The highest BCUT2D eigenvalue weighted by Crippen LogP contribution is 2.15. The fraction of sp³-hybridized carbons (Fsp3) is 0.462. The van der Waals surface area contributed by atoms with Crippen LogP contribution in [0.15, 0.2) is 23.1 Å². The van der Waals surface area contributed by atoms with Crippen molar-refractivity contribution in [2.75, 3.05) is 6.54 Å². The van der Waals surface area contributed by atoms with Crippen molar-refractivity contribution in [2.24, 2.45) is 5.92 Å². The molecule has 0 heterocycles. The first-order valence-electron chi connectivity index (χ1n) is 6.26. The van der Waals surface area contributed by atoms with Crippen LogP contribution in [-0.4, -0.2) is 26.0 Å². The third-order valence-corrected chi connectivity index (χ3v) is 4.19. The summed E-state index contributed by atoms with van der Waals surface area (Å²) in [6.45, 7) is 4.33. The van der Waals surface area contributed by atoms with Gasteiger partial charge in [0.05, 0.1) is 10.5 Å². The Bertz CT molecular complexity index is 584. The molecule has 0 bridgehead atoms. The molecule has 0 aliphatic heterocycles. The van der Waals surface area contributed by atoms with Gasteiger partial charge in [0.2, 0.25) is 10.0 Å². The zero-order valence-corrected chi connectivity index (χ0v) is 12.2. The van der Waals surface area contributed by atoms with Crippen LogP contribution in [0.25, 0.3) is 0 Å². The molecule has 0 saturated heterocycles. The van der Waals surface area contributed by atoms with Crippen LogP contribution in [0.4, 0.5) is 4.39 Å². The molecule has 0 atom stereocenters. The van der Waals surface area contributed by atoms with Gasteiger partial charge in [0.1, 0.15) is 5.82 Å². The number of nitrogens with one attached hydrogen (secondary N) is 1. The fourth-order valence-electron chi connectivity index (χ4n) is 1.64. The maximum absolute atomic E-state index is 13.2. The van der Waals surface area contributed by atoms with Crippen molar-refractivity contribution in [3.8, 4) is 0 Å². The molecule has 0 spiro atoms. The van der Waals surface area contributed by atoms with Crippen molar-refractivity contribution in [2.45, 2.75) is 31.6 Å².